The topological polar surface area (TPSA) is 79.7 Å². The van der Waals surface area contributed by atoms with E-state index in [2.05, 4.69) is 20.2 Å². The quantitative estimate of drug-likeness (QED) is 0.795. The summed E-state index contributed by atoms with van der Waals surface area (Å²) in [4.78, 5) is 23.4. The Bertz CT molecular complexity index is 852. The van der Waals surface area contributed by atoms with Crippen LogP contribution < -0.4 is 0 Å². The van der Waals surface area contributed by atoms with Gasteiger partial charge in [0.15, 0.2) is 5.82 Å². The van der Waals surface area contributed by atoms with Gasteiger partial charge >= 0.3 is 0 Å². The first-order chi connectivity index (χ1) is 12.2. The molecule has 7 heteroatoms. The second-order valence-electron chi connectivity index (χ2n) is 6.40. The molecule has 0 saturated carbocycles. The lowest BCUT2D eigenvalue weighted by molar-refractivity contribution is 0.0703. The minimum Gasteiger partial charge on any atom is -0.338 e. The molecule has 1 aliphatic heterocycles. The fourth-order valence-electron chi connectivity index (χ4n) is 3.44. The molecule has 4 rings (SSSR count). The summed E-state index contributed by atoms with van der Waals surface area (Å²) >= 11 is 0. The van der Waals surface area contributed by atoms with Crippen LogP contribution in [0.3, 0.4) is 0 Å². The van der Waals surface area contributed by atoms with Gasteiger partial charge in [-0.1, -0.05) is 12.1 Å². The zero-order valence-electron chi connectivity index (χ0n) is 14.1. The first-order valence-corrected chi connectivity index (χ1v) is 8.44. The molecule has 0 unspecified atom stereocenters. The van der Waals surface area contributed by atoms with Crippen molar-refractivity contribution in [2.45, 2.75) is 18.8 Å². The predicted octanol–water partition coefficient (Wildman–Crippen LogP) is 2.22. The minimum absolute atomic E-state index is 0.0722. The van der Waals surface area contributed by atoms with E-state index >= 15 is 0 Å². The fourth-order valence-corrected chi connectivity index (χ4v) is 3.44. The summed E-state index contributed by atoms with van der Waals surface area (Å²) in [5.41, 5.74) is 1.61. The van der Waals surface area contributed by atoms with Gasteiger partial charge in [0.1, 0.15) is 12.2 Å². The molecule has 1 aromatic carbocycles. The average molecular weight is 336 g/mol. The number of nitrogens with one attached hydrogen (secondary N) is 1. The maximum atomic E-state index is 12.9. The predicted molar refractivity (Wildman–Crippen MR) is 92.9 cm³/mol. The SMILES string of the molecule is Cn1ccnc1[C@@H]1CCCN(C(=O)c2ccc(-c3ncn[nH]3)cc2)C1. The summed E-state index contributed by atoms with van der Waals surface area (Å²) in [6, 6.07) is 7.50. The Morgan fingerprint density at radius 1 is 1.24 bits per heavy atom. The number of carbonyl (C=O) groups excluding carboxylic acids is 1. The third kappa shape index (κ3) is 3.05. The molecule has 25 heavy (non-hydrogen) atoms. The number of hydrogen-bond donors (Lipinski definition) is 1. The number of nitrogens with zero attached hydrogens (tertiary/aromatic N) is 5. The van der Waals surface area contributed by atoms with E-state index in [1.807, 2.05) is 53.2 Å². The van der Waals surface area contributed by atoms with Crippen LogP contribution in [0.1, 0.15) is 34.9 Å². The van der Waals surface area contributed by atoms with Crippen LogP contribution in [0.25, 0.3) is 11.4 Å². The molecule has 0 spiro atoms. The van der Waals surface area contributed by atoms with Crippen LogP contribution in [0.5, 0.6) is 0 Å². The van der Waals surface area contributed by atoms with E-state index in [0.29, 0.717) is 23.9 Å². The molecule has 0 bridgehead atoms. The Morgan fingerprint density at radius 3 is 2.76 bits per heavy atom. The molecule has 1 aliphatic rings. The van der Waals surface area contributed by atoms with Crippen molar-refractivity contribution in [2.24, 2.45) is 7.05 Å². The van der Waals surface area contributed by atoms with Crippen molar-refractivity contribution in [3.63, 3.8) is 0 Å². The second kappa shape index (κ2) is 6.51. The Balaban J connectivity index is 1.49. The van der Waals surface area contributed by atoms with Gasteiger partial charge in [-0.3, -0.25) is 9.89 Å². The number of likely N-dealkylation sites (tertiary alicyclic amines) is 1. The number of hydrogen-bond acceptors (Lipinski definition) is 4. The van der Waals surface area contributed by atoms with E-state index < -0.39 is 0 Å². The van der Waals surface area contributed by atoms with Gasteiger partial charge in [0, 0.05) is 49.6 Å². The Morgan fingerprint density at radius 2 is 2.08 bits per heavy atom. The van der Waals surface area contributed by atoms with Crippen molar-refractivity contribution in [1.82, 2.24) is 29.6 Å². The zero-order chi connectivity index (χ0) is 17.2. The molecule has 1 saturated heterocycles. The van der Waals surface area contributed by atoms with Crippen molar-refractivity contribution in [2.75, 3.05) is 13.1 Å². The highest BCUT2D eigenvalue weighted by molar-refractivity contribution is 5.94. The molecule has 1 amide bonds. The third-order valence-corrected chi connectivity index (χ3v) is 4.75. The van der Waals surface area contributed by atoms with Gasteiger partial charge in [-0.2, -0.15) is 5.10 Å². The highest BCUT2D eigenvalue weighted by Crippen LogP contribution is 2.26. The minimum atomic E-state index is 0.0722. The van der Waals surface area contributed by atoms with Crippen molar-refractivity contribution in [3.8, 4) is 11.4 Å². The van der Waals surface area contributed by atoms with Crippen molar-refractivity contribution in [3.05, 3.63) is 54.4 Å². The number of aromatic amines is 1. The first-order valence-electron chi connectivity index (χ1n) is 8.44. The van der Waals surface area contributed by atoms with Crippen molar-refractivity contribution in [1.29, 1.82) is 0 Å². The van der Waals surface area contributed by atoms with E-state index in [1.54, 1.807) is 0 Å². The number of benzene rings is 1. The second-order valence-corrected chi connectivity index (χ2v) is 6.40. The highest BCUT2D eigenvalue weighted by atomic mass is 16.2. The fraction of sp³-hybridized carbons (Fsp3) is 0.333. The maximum absolute atomic E-state index is 12.9. The molecule has 1 N–H and O–H groups in total. The summed E-state index contributed by atoms with van der Waals surface area (Å²) in [7, 11) is 2.01. The van der Waals surface area contributed by atoms with Crippen LogP contribution in [0.2, 0.25) is 0 Å². The van der Waals surface area contributed by atoms with Crippen LogP contribution in [-0.4, -0.2) is 48.6 Å². The smallest absolute Gasteiger partial charge is 0.253 e. The number of piperidine rings is 1. The standard InChI is InChI=1S/C18H20N6O/c1-23-10-8-19-17(23)15-3-2-9-24(11-15)18(25)14-6-4-13(5-7-14)16-20-12-21-22-16/h4-8,10,12,15H,2-3,9,11H2,1H3,(H,20,21,22)/t15-/m1/s1. The average Bonchev–Trinajstić information content (AvgIpc) is 3.33. The van der Waals surface area contributed by atoms with Crippen LogP contribution >= 0.6 is 0 Å². The summed E-state index contributed by atoms with van der Waals surface area (Å²) < 4.78 is 2.05. The van der Waals surface area contributed by atoms with Gasteiger partial charge in [-0.05, 0) is 25.0 Å². The van der Waals surface area contributed by atoms with E-state index in [4.69, 9.17) is 0 Å². The van der Waals surface area contributed by atoms with Crippen molar-refractivity contribution < 1.29 is 4.79 Å². The van der Waals surface area contributed by atoms with E-state index in [0.717, 1.165) is 30.8 Å². The monoisotopic (exact) mass is 336 g/mol. The number of H-pyrrole nitrogens is 1. The summed E-state index contributed by atoms with van der Waals surface area (Å²) in [6.45, 7) is 1.51. The molecule has 1 atom stereocenters. The molecule has 7 nitrogen and oxygen atoms in total. The van der Waals surface area contributed by atoms with Gasteiger partial charge in [-0.25, -0.2) is 9.97 Å². The highest BCUT2D eigenvalue weighted by Gasteiger charge is 2.27. The van der Waals surface area contributed by atoms with Crippen molar-refractivity contribution >= 4 is 5.91 Å². The number of aryl methyl sites for hydroxylation is 1. The molecule has 0 radical (unpaired) electrons. The summed E-state index contributed by atoms with van der Waals surface area (Å²) in [6.07, 6.45) is 7.31. The Labute approximate surface area is 145 Å². The van der Waals surface area contributed by atoms with Crippen LogP contribution in [0.15, 0.2) is 43.0 Å². The molecule has 2 aromatic heterocycles. The number of amides is 1. The van der Waals surface area contributed by atoms with Gasteiger partial charge < -0.3 is 9.47 Å². The lowest BCUT2D eigenvalue weighted by atomic mass is 9.96. The van der Waals surface area contributed by atoms with Gasteiger partial charge in [0.25, 0.3) is 5.91 Å². The normalized spacial score (nSPS) is 17.6. The van der Waals surface area contributed by atoms with E-state index in [9.17, 15) is 4.79 Å². The number of carbonyl (C=O) groups is 1. The first kappa shape index (κ1) is 15.6. The van der Waals surface area contributed by atoms with Gasteiger partial charge in [0.05, 0.1) is 0 Å². The van der Waals surface area contributed by atoms with Crippen LogP contribution in [0.4, 0.5) is 0 Å². The number of rotatable bonds is 3. The summed E-state index contributed by atoms with van der Waals surface area (Å²) in [5.74, 6) is 2.12. The molecular weight excluding hydrogens is 316 g/mol. The third-order valence-electron chi connectivity index (χ3n) is 4.75. The van der Waals surface area contributed by atoms with Crippen LogP contribution in [0, 0.1) is 0 Å². The molecule has 0 aliphatic carbocycles. The molecular formula is C18H20N6O. The molecule has 3 heterocycles. The molecule has 3 aromatic rings. The number of aromatic nitrogens is 5. The lowest BCUT2D eigenvalue weighted by Crippen LogP contribution is -2.39. The molecule has 128 valence electrons. The van der Waals surface area contributed by atoms with Gasteiger partial charge in [0.2, 0.25) is 0 Å². The maximum Gasteiger partial charge on any atom is 0.253 e. The van der Waals surface area contributed by atoms with E-state index in [1.165, 1.54) is 6.33 Å². The Hall–Kier alpha value is -2.96. The largest absolute Gasteiger partial charge is 0.338 e. The Kier molecular flexibility index (Phi) is 4.05. The lowest BCUT2D eigenvalue weighted by Gasteiger charge is -2.32. The number of imidazole rings is 1. The summed E-state index contributed by atoms with van der Waals surface area (Å²) in [5, 5.41) is 6.68. The van der Waals surface area contributed by atoms with Gasteiger partial charge in [-0.15, -0.1) is 0 Å². The molecule has 1 fully saturated rings. The van der Waals surface area contributed by atoms with E-state index in [-0.39, 0.29) is 5.91 Å². The van der Waals surface area contributed by atoms with Crippen LogP contribution in [-0.2, 0) is 7.05 Å². The zero-order valence-corrected chi connectivity index (χ0v) is 14.1.